The van der Waals surface area contributed by atoms with Crippen molar-refractivity contribution in [2.24, 2.45) is 0 Å². The molecule has 0 spiro atoms. The van der Waals surface area contributed by atoms with E-state index in [0.29, 0.717) is 0 Å². The lowest BCUT2D eigenvalue weighted by Gasteiger charge is -1.90. The zero-order valence-electron chi connectivity index (χ0n) is 8.84. The molecule has 0 unspecified atom stereocenters. The lowest BCUT2D eigenvalue weighted by atomic mass is 10.2. The van der Waals surface area contributed by atoms with E-state index in [1.807, 2.05) is 13.1 Å². The number of rotatable bonds is 3. The van der Waals surface area contributed by atoms with Gasteiger partial charge in [-0.25, -0.2) is 9.55 Å². The maximum atomic E-state index is 8.88. The first kappa shape index (κ1) is 14.3. The van der Waals surface area contributed by atoms with E-state index in [1.54, 1.807) is 0 Å². The van der Waals surface area contributed by atoms with Crippen molar-refractivity contribution in [3.63, 3.8) is 0 Å². The van der Waals surface area contributed by atoms with E-state index >= 15 is 0 Å². The van der Waals surface area contributed by atoms with Gasteiger partial charge in [0, 0.05) is 12.6 Å². The molecule has 0 saturated heterocycles. The van der Waals surface area contributed by atoms with Gasteiger partial charge in [-0.3, -0.25) is 0 Å². The molecule has 0 bridgehead atoms. The zero-order valence-corrected chi connectivity index (χ0v) is 9.74. The number of unbranched alkanes of at least 4 members (excludes halogenated alkanes) is 1. The van der Waals surface area contributed by atoms with Crippen molar-refractivity contribution in [1.29, 1.82) is 0 Å². The topological polar surface area (TPSA) is 106 Å². The van der Waals surface area contributed by atoms with Gasteiger partial charge in [-0.1, -0.05) is 13.3 Å². The molecule has 0 atom stereocenters. The molecule has 0 aliphatic heterocycles. The first-order valence-corrected chi connectivity index (χ1v) is 6.18. The summed E-state index contributed by atoms with van der Waals surface area (Å²) in [6, 6.07) is 0. The van der Waals surface area contributed by atoms with E-state index in [9.17, 15) is 0 Å². The summed E-state index contributed by atoms with van der Waals surface area (Å²) in [5, 5.41) is 0. The number of nitrogens with zero attached hydrogens (tertiary/aromatic N) is 1. The Morgan fingerprint density at radius 3 is 2.33 bits per heavy atom. The van der Waals surface area contributed by atoms with Crippen molar-refractivity contribution in [1.82, 2.24) is 9.97 Å². The van der Waals surface area contributed by atoms with Crippen LogP contribution in [0.3, 0.4) is 0 Å². The highest BCUT2D eigenvalue weighted by Gasteiger charge is 2.00. The number of aromatic amines is 1. The Hall–Kier alpha value is -0.680. The summed E-state index contributed by atoms with van der Waals surface area (Å²) < 4.78 is 8.88. The van der Waals surface area contributed by atoms with Crippen LogP contribution in [-0.2, 0) is 11.0 Å². The van der Waals surface area contributed by atoms with E-state index in [2.05, 4.69) is 16.9 Å². The number of aromatic nitrogens is 2. The minimum Gasteiger partial charge on any atom is -0.348 e. The highest BCUT2D eigenvalue weighted by Crippen LogP contribution is 2.25. The summed E-state index contributed by atoms with van der Waals surface area (Å²) in [4.78, 5) is 29.0. The quantitative estimate of drug-likeness (QED) is 0.588. The Morgan fingerprint density at radius 1 is 1.47 bits per heavy atom. The molecule has 0 amide bonds. The van der Waals surface area contributed by atoms with Crippen LogP contribution < -0.4 is 0 Å². The number of H-pyrrole nitrogens is 1. The predicted molar refractivity (Wildman–Crippen MR) is 56.2 cm³/mol. The largest absolute Gasteiger partial charge is 0.466 e. The summed E-state index contributed by atoms with van der Waals surface area (Å²) >= 11 is 0. The van der Waals surface area contributed by atoms with E-state index in [0.717, 1.165) is 17.9 Å². The number of phosphoric acid groups is 1. The number of hydrogen-bond donors (Lipinski definition) is 4. The SMILES string of the molecule is CCCCc1nc(C)c[nH]1.O=P(O)(O)O. The van der Waals surface area contributed by atoms with Gasteiger partial charge < -0.3 is 19.7 Å². The van der Waals surface area contributed by atoms with Gasteiger partial charge in [0.1, 0.15) is 5.82 Å². The smallest absolute Gasteiger partial charge is 0.348 e. The van der Waals surface area contributed by atoms with E-state index in [-0.39, 0.29) is 0 Å². The van der Waals surface area contributed by atoms with Gasteiger partial charge in [0.05, 0.1) is 5.69 Å². The van der Waals surface area contributed by atoms with Gasteiger partial charge in [0.2, 0.25) is 0 Å². The third-order valence-electron chi connectivity index (χ3n) is 1.53. The fourth-order valence-corrected chi connectivity index (χ4v) is 0.937. The second kappa shape index (κ2) is 6.74. The molecule has 6 nitrogen and oxygen atoms in total. The summed E-state index contributed by atoms with van der Waals surface area (Å²) in [6.07, 6.45) is 5.50. The van der Waals surface area contributed by atoms with Crippen LogP contribution in [-0.4, -0.2) is 24.6 Å². The standard InChI is InChI=1S/C8H14N2.H3O4P/c1-3-4-5-8-9-6-7(2)10-8;1-5(2,3)4/h6H,3-5H2,1-2H3,(H,9,10);(H3,1,2,3,4). The molecule has 0 aliphatic rings. The van der Waals surface area contributed by atoms with Crippen molar-refractivity contribution in [2.75, 3.05) is 0 Å². The first-order chi connectivity index (χ1) is 6.83. The lowest BCUT2D eigenvalue weighted by molar-refractivity contribution is 0.275. The Bertz CT molecular complexity index is 312. The molecule has 1 rings (SSSR count). The highest BCUT2D eigenvalue weighted by molar-refractivity contribution is 7.45. The van der Waals surface area contributed by atoms with E-state index in [4.69, 9.17) is 19.2 Å². The molecule has 0 saturated carbocycles. The molecule has 7 heteroatoms. The number of imidazole rings is 1. The van der Waals surface area contributed by atoms with Crippen molar-refractivity contribution in [3.8, 4) is 0 Å². The van der Waals surface area contributed by atoms with Crippen LogP contribution in [0.25, 0.3) is 0 Å². The molecule has 0 fully saturated rings. The average molecular weight is 236 g/mol. The molecular formula is C8H17N2O4P. The highest BCUT2D eigenvalue weighted by atomic mass is 31.2. The molecule has 1 heterocycles. The second-order valence-corrected chi connectivity index (χ2v) is 4.13. The Kier molecular flexibility index (Phi) is 6.43. The van der Waals surface area contributed by atoms with Crippen LogP contribution in [0.4, 0.5) is 0 Å². The molecule has 4 N–H and O–H groups in total. The minimum atomic E-state index is -4.64. The van der Waals surface area contributed by atoms with Crippen LogP contribution in [0.5, 0.6) is 0 Å². The van der Waals surface area contributed by atoms with Gasteiger partial charge in [-0.2, -0.15) is 0 Å². The summed E-state index contributed by atoms with van der Waals surface area (Å²) in [6.45, 7) is 4.20. The van der Waals surface area contributed by atoms with Crippen molar-refractivity contribution >= 4 is 7.82 Å². The Labute approximate surface area is 88.6 Å². The zero-order chi connectivity index (χ0) is 11.9. The van der Waals surface area contributed by atoms with Crippen molar-refractivity contribution in [3.05, 3.63) is 17.7 Å². The van der Waals surface area contributed by atoms with Crippen LogP contribution in [0, 0.1) is 6.92 Å². The first-order valence-electron chi connectivity index (χ1n) is 4.62. The normalized spacial score (nSPS) is 10.7. The fraction of sp³-hybridized carbons (Fsp3) is 0.625. The van der Waals surface area contributed by atoms with Crippen LogP contribution in [0.2, 0.25) is 0 Å². The molecule has 0 aromatic carbocycles. The molecule has 0 radical (unpaired) electrons. The average Bonchev–Trinajstić information content (AvgIpc) is 2.45. The number of hydrogen-bond acceptors (Lipinski definition) is 2. The maximum Gasteiger partial charge on any atom is 0.466 e. The minimum absolute atomic E-state index is 1.09. The summed E-state index contributed by atoms with van der Waals surface area (Å²) in [7, 11) is -4.64. The van der Waals surface area contributed by atoms with Gasteiger partial charge >= 0.3 is 7.82 Å². The Morgan fingerprint density at radius 2 is 2.00 bits per heavy atom. The van der Waals surface area contributed by atoms with Gasteiger partial charge in [0.25, 0.3) is 0 Å². The molecule has 1 aromatic rings. The van der Waals surface area contributed by atoms with Gasteiger partial charge in [0.15, 0.2) is 0 Å². The predicted octanol–water partition coefficient (Wildman–Crippen LogP) is 1.13. The maximum absolute atomic E-state index is 8.88. The fourth-order valence-electron chi connectivity index (χ4n) is 0.937. The molecule has 15 heavy (non-hydrogen) atoms. The Balaban J connectivity index is 0.000000336. The van der Waals surface area contributed by atoms with Crippen molar-refractivity contribution in [2.45, 2.75) is 33.1 Å². The van der Waals surface area contributed by atoms with Crippen LogP contribution in [0.15, 0.2) is 6.20 Å². The van der Waals surface area contributed by atoms with Crippen molar-refractivity contribution < 1.29 is 19.2 Å². The van der Waals surface area contributed by atoms with Crippen LogP contribution in [0.1, 0.15) is 31.3 Å². The molecular weight excluding hydrogens is 219 g/mol. The number of aryl methyl sites for hydroxylation is 2. The van der Waals surface area contributed by atoms with Crippen LogP contribution >= 0.6 is 7.82 Å². The molecule has 0 aliphatic carbocycles. The molecule has 1 aromatic heterocycles. The molecule has 88 valence electrons. The van der Waals surface area contributed by atoms with Gasteiger partial charge in [-0.15, -0.1) is 0 Å². The van der Waals surface area contributed by atoms with Gasteiger partial charge in [-0.05, 0) is 13.3 Å². The second-order valence-electron chi connectivity index (χ2n) is 3.11. The monoisotopic (exact) mass is 236 g/mol. The van der Waals surface area contributed by atoms with E-state index < -0.39 is 7.82 Å². The lowest BCUT2D eigenvalue weighted by Crippen LogP contribution is -1.86. The number of nitrogens with one attached hydrogen (secondary N) is 1. The third kappa shape index (κ3) is 11.2. The third-order valence-corrected chi connectivity index (χ3v) is 1.53. The van der Waals surface area contributed by atoms with E-state index in [1.165, 1.54) is 12.8 Å². The summed E-state index contributed by atoms with van der Waals surface area (Å²) in [5.41, 5.74) is 1.09. The summed E-state index contributed by atoms with van der Waals surface area (Å²) in [5.74, 6) is 1.12.